The number of aromatic amines is 1. The van der Waals surface area contributed by atoms with Gasteiger partial charge >= 0.3 is 0 Å². The molecule has 1 aliphatic carbocycles. The molecule has 3 N–H and O–H groups in total. The molecule has 0 bridgehead atoms. The Labute approximate surface area is 175 Å². The molecule has 1 aromatic carbocycles. The minimum Gasteiger partial charge on any atom is -0.321 e. The summed E-state index contributed by atoms with van der Waals surface area (Å²) in [6.45, 7) is 4.59. The molecule has 29 heavy (non-hydrogen) atoms. The van der Waals surface area contributed by atoms with Crippen molar-refractivity contribution >= 4 is 34.0 Å². The number of nitrogens with one attached hydrogen (secondary N) is 3. The number of thiazole rings is 1. The Balaban J connectivity index is 0.00000256. The predicted molar refractivity (Wildman–Crippen MR) is 124 cm³/mol. The van der Waals surface area contributed by atoms with Gasteiger partial charge in [0.25, 0.3) is 5.56 Å². The second-order valence-electron chi connectivity index (χ2n) is 7.33. The van der Waals surface area contributed by atoms with E-state index in [0.29, 0.717) is 17.3 Å². The number of aromatic nitrogens is 2. The van der Waals surface area contributed by atoms with Crippen LogP contribution in [0.2, 0.25) is 0 Å². The first-order chi connectivity index (χ1) is 14.2. The Morgan fingerprint density at radius 1 is 1.38 bits per heavy atom. The number of nitrogens with zero attached hydrogens (tertiary/aromatic N) is 1. The van der Waals surface area contributed by atoms with Crippen molar-refractivity contribution in [2.75, 3.05) is 0 Å². The summed E-state index contributed by atoms with van der Waals surface area (Å²) in [5.74, 6) is 0. The molecule has 3 aromatic rings. The predicted octanol–water partition coefficient (Wildman–Crippen LogP) is 5.15. The highest BCUT2D eigenvalue weighted by Gasteiger charge is 2.14. The number of allylic oxidation sites excluding steroid dienone is 3. The largest absolute Gasteiger partial charge is 0.321 e. The molecule has 2 heterocycles. The summed E-state index contributed by atoms with van der Waals surface area (Å²) >= 11 is 1.44. The van der Waals surface area contributed by atoms with Crippen LogP contribution in [0.3, 0.4) is 0 Å². The average molecular weight is 407 g/mol. The van der Waals surface area contributed by atoms with E-state index in [2.05, 4.69) is 40.1 Å². The van der Waals surface area contributed by atoms with E-state index < -0.39 is 0 Å². The summed E-state index contributed by atoms with van der Waals surface area (Å²) in [6, 6.07) is 8.74. The fourth-order valence-corrected chi connectivity index (χ4v) is 4.63. The minimum atomic E-state index is -0.147. The maximum Gasteiger partial charge on any atom is 0.257 e. The van der Waals surface area contributed by atoms with Crippen LogP contribution in [-0.2, 0) is 6.54 Å². The molecule has 0 amide bonds. The Bertz CT molecular complexity index is 1140. The molecule has 6 heteroatoms. The van der Waals surface area contributed by atoms with Crippen LogP contribution in [0.5, 0.6) is 0 Å². The summed E-state index contributed by atoms with van der Waals surface area (Å²) < 4.78 is 0. The monoisotopic (exact) mass is 406 g/mol. The van der Waals surface area contributed by atoms with E-state index >= 15 is 0 Å². The molecule has 1 saturated carbocycles. The van der Waals surface area contributed by atoms with Crippen LogP contribution in [-0.4, -0.2) is 22.2 Å². The van der Waals surface area contributed by atoms with Gasteiger partial charge in [-0.05, 0) is 42.0 Å². The van der Waals surface area contributed by atoms with Gasteiger partial charge in [-0.3, -0.25) is 4.79 Å². The third-order valence-corrected chi connectivity index (χ3v) is 6.26. The summed E-state index contributed by atoms with van der Waals surface area (Å²) in [5.41, 5.74) is 3.83. The normalized spacial score (nSPS) is 15.1. The van der Waals surface area contributed by atoms with Crippen LogP contribution >= 0.6 is 11.3 Å². The second kappa shape index (κ2) is 8.68. The van der Waals surface area contributed by atoms with Crippen molar-refractivity contribution in [2.24, 2.45) is 0 Å². The van der Waals surface area contributed by atoms with Crippen molar-refractivity contribution in [2.45, 2.75) is 38.3 Å². The van der Waals surface area contributed by atoms with Gasteiger partial charge in [-0.15, -0.1) is 11.3 Å². The third-order valence-electron chi connectivity index (χ3n) is 5.37. The van der Waals surface area contributed by atoms with Crippen molar-refractivity contribution in [3.8, 4) is 11.3 Å². The molecule has 5 nitrogen and oxygen atoms in total. The molecule has 1 fully saturated rings. The highest BCUT2D eigenvalue weighted by Crippen LogP contribution is 2.26. The van der Waals surface area contributed by atoms with Gasteiger partial charge in [0.05, 0.1) is 11.3 Å². The van der Waals surface area contributed by atoms with Gasteiger partial charge in [0.2, 0.25) is 0 Å². The van der Waals surface area contributed by atoms with Crippen molar-refractivity contribution in [1.29, 1.82) is 5.41 Å². The summed E-state index contributed by atoms with van der Waals surface area (Å²) in [4.78, 5) is 20.3. The molecule has 4 rings (SSSR count). The zero-order valence-corrected chi connectivity index (χ0v) is 17.0. The maximum absolute atomic E-state index is 12.7. The summed E-state index contributed by atoms with van der Waals surface area (Å²) in [5, 5.41) is 14.5. The molecule has 1 aliphatic rings. The molecule has 150 valence electrons. The number of fused-ring (bicyclic) bond motifs is 1. The molecular weight excluding hydrogens is 380 g/mol. The minimum absolute atomic E-state index is 0. The first-order valence-corrected chi connectivity index (χ1v) is 10.7. The Morgan fingerprint density at radius 3 is 2.97 bits per heavy atom. The lowest BCUT2D eigenvalue weighted by Crippen LogP contribution is -2.25. The molecular formula is C23H26N4OS. The first-order valence-electron chi connectivity index (χ1n) is 9.87. The van der Waals surface area contributed by atoms with Crippen molar-refractivity contribution in [3.63, 3.8) is 0 Å². The lowest BCUT2D eigenvalue weighted by Gasteiger charge is -2.12. The molecule has 2 aromatic heterocycles. The highest BCUT2D eigenvalue weighted by molar-refractivity contribution is 7.11. The van der Waals surface area contributed by atoms with Crippen molar-refractivity contribution < 1.29 is 1.43 Å². The van der Waals surface area contributed by atoms with E-state index in [4.69, 9.17) is 5.41 Å². The SMILES string of the molecule is C=C/C(=C\C=N)c1nc(-c2cc3ccc(CNC4CCCC4)cc3[nH]c2=O)cs1.[HH]. The zero-order valence-electron chi connectivity index (χ0n) is 16.2. The van der Waals surface area contributed by atoms with Crippen LogP contribution in [0.4, 0.5) is 0 Å². The summed E-state index contributed by atoms with van der Waals surface area (Å²) in [7, 11) is 0. The average Bonchev–Trinajstić information content (AvgIpc) is 3.42. The summed E-state index contributed by atoms with van der Waals surface area (Å²) in [6.07, 6.45) is 9.66. The molecule has 0 radical (unpaired) electrons. The second-order valence-corrected chi connectivity index (χ2v) is 8.18. The van der Waals surface area contributed by atoms with Gasteiger partial charge in [0.15, 0.2) is 0 Å². The fraction of sp³-hybridized carbons (Fsp3) is 0.261. The van der Waals surface area contributed by atoms with Crippen molar-refractivity contribution in [3.05, 3.63) is 69.3 Å². The van der Waals surface area contributed by atoms with Gasteiger partial charge in [0, 0.05) is 36.7 Å². The number of benzene rings is 1. The highest BCUT2D eigenvalue weighted by atomic mass is 32.1. The number of rotatable bonds is 7. The quantitative estimate of drug-likeness (QED) is 0.375. The smallest absolute Gasteiger partial charge is 0.257 e. The van der Waals surface area contributed by atoms with E-state index in [0.717, 1.165) is 28.0 Å². The van der Waals surface area contributed by atoms with E-state index in [1.54, 1.807) is 12.2 Å². The molecule has 0 aliphatic heterocycles. The van der Waals surface area contributed by atoms with E-state index in [-0.39, 0.29) is 6.99 Å². The van der Waals surface area contributed by atoms with Crippen LogP contribution < -0.4 is 10.9 Å². The number of H-pyrrole nitrogens is 1. The van der Waals surface area contributed by atoms with E-state index in [9.17, 15) is 4.79 Å². The van der Waals surface area contributed by atoms with Crippen LogP contribution in [0.25, 0.3) is 27.7 Å². The van der Waals surface area contributed by atoms with Gasteiger partial charge < -0.3 is 15.7 Å². The van der Waals surface area contributed by atoms with Gasteiger partial charge in [-0.1, -0.05) is 37.6 Å². The number of pyridine rings is 1. The Kier molecular flexibility index (Phi) is 5.83. The Hall–Kier alpha value is -2.83. The first kappa shape index (κ1) is 19.5. The van der Waals surface area contributed by atoms with Gasteiger partial charge in [0.1, 0.15) is 5.01 Å². The topological polar surface area (TPSA) is 81.6 Å². The van der Waals surface area contributed by atoms with Crippen LogP contribution in [0.1, 0.15) is 37.7 Å². The van der Waals surface area contributed by atoms with Gasteiger partial charge in [-0.2, -0.15) is 0 Å². The number of hydrogen-bond acceptors (Lipinski definition) is 5. The number of hydrogen-bond donors (Lipinski definition) is 3. The lowest BCUT2D eigenvalue weighted by atomic mass is 10.1. The standard InChI is InChI=1S/C23H24N4OS.H2/c1-2-16(9-10-24)23-27-21(14-29-23)19-12-17-8-7-15(11-20(17)26-22(19)28)13-25-18-5-3-4-6-18;/h2,7-12,14,18,24-25H,1,3-6,13H2,(H,26,28);1H/b16-9+,24-10?;. The molecule has 0 saturated heterocycles. The van der Waals surface area contributed by atoms with Crippen LogP contribution in [0.15, 0.2) is 53.2 Å². The molecule has 0 unspecified atom stereocenters. The lowest BCUT2D eigenvalue weighted by molar-refractivity contribution is 0.524. The molecule has 0 atom stereocenters. The fourth-order valence-electron chi connectivity index (χ4n) is 3.79. The van der Waals surface area contributed by atoms with Crippen molar-refractivity contribution in [1.82, 2.24) is 15.3 Å². The van der Waals surface area contributed by atoms with E-state index in [1.165, 1.54) is 48.8 Å². The maximum atomic E-state index is 12.7. The van der Waals surface area contributed by atoms with Gasteiger partial charge in [-0.25, -0.2) is 4.98 Å². The molecule has 0 spiro atoms. The zero-order chi connectivity index (χ0) is 20.2. The Morgan fingerprint density at radius 2 is 2.21 bits per heavy atom. The third kappa shape index (κ3) is 4.28. The van der Waals surface area contributed by atoms with Crippen LogP contribution in [0, 0.1) is 5.41 Å². The van der Waals surface area contributed by atoms with E-state index in [1.807, 2.05) is 11.4 Å².